The molecule has 0 amide bonds. The number of hydrogen-bond donors (Lipinski definition) is 1. The van der Waals surface area contributed by atoms with E-state index in [2.05, 4.69) is 32.0 Å². The fourth-order valence-electron chi connectivity index (χ4n) is 1.96. The van der Waals surface area contributed by atoms with E-state index in [1.807, 2.05) is 16.7 Å². The number of rotatable bonds is 1. The van der Waals surface area contributed by atoms with Crippen LogP contribution in [0.4, 0.5) is 5.95 Å². The molecule has 2 heterocycles. The maximum Gasteiger partial charge on any atom is 0.206 e. The molecule has 0 fully saturated rings. The zero-order valence-corrected chi connectivity index (χ0v) is 11.3. The van der Waals surface area contributed by atoms with E-state index >= 15 is 0 Å². The number of aromatic nitrogens is 3. The third-order valence-corrected chi connectivity index (χ3v) is 3.44. The van der Waals surface area contributed by atoms with E-state index in [-0.39, 0.29) is 0 Å². The van der Waals surface area contributed by atoms with Crippen LogP contribution in [0.25, 0.3) is 16.7 Å². The number of imidazole rings is 1. The van der Waals surface area contributed by atoms with Gasteiger partial charge in [-0.15, -0.1) is 0 Å². The first kappa shape index (κ1) is 11.7. The maximum absolute atomic E-state index is 8.89. The molecule has 0 unspecified atom stereocenters. The third-order valence-electron chi connectivity index (χ3n) is 2.80. The SMILES string of the molecule is N#Cc1ccc(-n2c(N)nc3cnccc32)c(Br)c1. The first-order valence-corrected chi connectivity index (χ1v) is 6.28. The Balaban J connectivity index is 2.31. The number of pyridine rings is 1. The second-order valence-electron chi connectivity index (χ2n) is 3.95. The van der Waals surface area contributed by atoms with Crippen molar-refractivity contribution in [2.24, 2.45) is 0 Å². The van der Waals surface area contributed by atoms with Gasteiger partial charge < -0.3 is 5.73 Å². The molecule has 0 saturated heterocycles. The van der Waals surface area contributed by atoms with Crippen molar-refractivity contribution < 1.29 is 0 Å². The number of benzene rings is 1. The highest BCUT2D eigenvalue weighted by atomic mass is 79.9. The van der Waals surface area contributed by atoms with Crippen molar-refractivity contribution in [3.05, 3.63) is 46.7 Å². The molecule has 2 aromatic heterocycles. The third kappa shape index (κ3) is 1.84. The van der Waals surface area contributed by atoms with E-state index in [1.54, 1.807) is 24.5 Å². The Morgan fingerprint density at radius 1 is 1.32 bits per heavy atom. The smallest absolute Gasteiger partial charge is 0.206 e. The van der Waals surface area contributed by atoms with Gasteiger partial charge in [0.2, 0.25) is 5.95 Å². The van der Waals surface area contributed by atoms with Crippen LogP contribution in [-0.2, 0) is 0 Å². The summed E-state index contributed by atoms with van der Waals surface area (Å²) < 4.78 is 2.61. The number of halogens is 1. The number of anilines is 1. The Kier molecular flexibility index (Phi) is 2.69. The summed E-state index contributed by atoms with van der Waals surface area (Å²) in [5, 5.41) is 8.89. The Labute approximate surface area is 117 Å². The molecule has 1 aromatic carbocycles. The lowest BCUT2D eigenvalue weighted by Gasteiger charge is -2.08. The van der Waals surface area contributed by atoms with Crippen LogP contribution in [0.2, 0.25) is 0 Å². The number of nitrogens with two attached hydrogens (primary N) is 1. The van der Waals surface area contributed by atoms with Gasteiger partial charge in [-0.2, -0.15) is 5.26 Å². The van der Waals surface area contributed by atoms with Gasteiger partial charge in [0.1, 0.15) is 5.52 Å². The highest BCUT2D eigenvalue weighted by molar-refractivity contribution is 9.10. The molecule has 0 aliphatic rings. The lowest BCUT2D eigenvalue weighted by Crippen LogP contribution is -2.01. The fraction of sp³-hybridized carbons (Fsp3) is 0. The molecule has 0 saturated carbocycles. The minimum atomic E-state index is 0.383. The Morgan fingerprint density at radius 2 is 2.16 bits per heavy atom. The minimum Gasteiger partial charge on any atom is -0.369 e. The summed E-state index contributed by atoms with van der Waals surface area (Å²) in [6, 6.07) is 9.27. The first-order valence-electron chi connectivity index (χ1n) is 5.48. The lowest BCUT2D eigenvalue weighted by molar-refractivity contribution is 1.10. The van der Waals surface area contributed by atoms with Crippen LogP contribution in [0.1, 0.15) is 5.56 Å². The highest BCUT2D eigenvalue weighted by Crippen LogP contribution is 2.28. The summed E-state index contributed by atoms with van der Waals surface area (Å²) in [5.74, 6) is 0.383. The van der Waals surface area contributed by atoms with Crippen LogP contribution in [0.3, 0.4) is 0 Å². The van der Waals surface area contributed by atoms with Crippen molar-refractivity contribution in [3.63, 3.8) is 0 Å². The number of fused-ring (bicyclic) bond motifs is 1. The van der Waals surface area contributed by atoms with Crippen LogP contribution in [0.15, 0.2) is 41.1 Å². The molecule has 3 aromatic rings. The second-order valence-corrected chi connectivity index (χ2v) is 4.80. The molecule has 0 aliphatic carbocycles. The van der Waals surface area contributed by atoms with E-state index in [4.69, 9.17) is 11.0 Å². The predicted octanol–water partition coefficient (Wildman–Crippen LogP) is 2.64. The summed E-state index contributed by atoms with van der Waals surface area (Å²) in [4.78, 5) is 8.29. The summed E-state index contributed by atoms with van der Waals surface area (Å²) in [6.07, 6.45) is 3.36. The fourth-order valence-corrected chi connectivity index (χ4v) is 2.52. The van der Waals surface area contributed by atoms with Gasteiger partial charge in [0.25, 0.3) is 0 Å². The average molecular weight is 314 g/mol. The average Bonchev–Trinajstić information content (AvgIpc) is 2.75. The molecule has 92 valence electrons. The van der Waals surface area contributed by atoms with Gasteiger partial charge in [0.05, 0.1) is 29.0 Å². The normalized spacial score (nSPS) is 10.5. The highest BCUT2D eigenvalue weighted by Gasteiger charge is 2.12. The number of nitrogen functional groups attached to an aromatic ring is 1. The Bertz CT molecular complexity index is 816. The van der Waals surface area contributed by atoms with Gasteiger partial charge in [0, 0.05) is 10.7 Å². The molecular formula is C13H8BrN5. The van der Waals surface area contributed by atoms with Crippen molar-refractivity contribution in [1.29, 1.82) is 5.26 Å². The molecule has 0 spiro atoms. The summed E-state index contributed by atoms with van der Waals surface area (Å²) >= 11 is 3.46. The van der Waals surface area contributed by atoms with E-state index in [0.29, 0.717) is 11.5 Å². The van der Waals surface area contributed by atoms with Crippen LogP contribution in [0.5, 0.6) is 0 Å². The molecule has 0 atom stereocenters. The standard InChI is InChI=1S/C13H8BrN5/c14-9-5-8(6-15)1-2-11(9)19-12-3-4-17-7-10(12)18-13(19)16/h1-5,7H,(H2,16,18). The first-order chi connectivity index (χ1) is 9.20. The largest absolute Gasteiger partial charge is 0.369 e. The van der Waals surface area contributed by atoms with Gasteiger partial charge >= 0.3 is 0 Å². The van der Waals surface area contributed by atoms with Crippen molar-refractivity contribution in [2.45, 2.75) is 0 Å². The molecule has 3 rings (SSSR count). The number of nitriles is 1. The summed E-state index contributed by atoms with van der Waals surface area (Å²) in [5.41, 5.74) is 8.99. The molecule has 6 heteroatoms. The van der Waals surface area contributed by atoms with Gasteiger partial charge in [-0.3, -0.25) is 9.55 Å². The molecule has 5 nitrogen and oxygen atoms in total. The molecular weight excluding hydrogens is 306 g/mol. The van der Waals surface area contributed by atoms with Gasteiger partial charge in [-0.25, -0.2) is 4.98 Å². The van der Waals surface area contributed by atoms with E-state index in [9.17, 15) is 0 Å². The van der Waals surface area contributed by atoms with E-state index in [1.165, 1.54) is 0 Å². The molecule has 19 heavy (non-hydrogen) atoms. The van der Waals surface area contributed by atoms with Gasteiger partial charge in [0.15, 0.2) is 0 Å². The molecule has 0 radical (unpaired) electrons. The Hall–Kier alpha value is -2.39. The van der Waals surface area contributed by atoms with Crippen LogP contribution in [0, 0.1) is 11.3 Å². The number of hydrogen-bond acceptors (Lipinski definition) is 4. The van der Waals surface area contributed by atoms with Crippen molar-refractivity contribution in [2.75, 3.05) is 5.73 Å². The lowest BCUT2D eigenvalue weighted by atomic mass is 10.2. The van der Waals surface area contributed by atoms with Crippen molar-refractivity contribution in [3.8, 4) is 11.8 Å². The van der Waals surface area contributed by atoms with E-state index < -0.39 is 0 Å². The monoisotopic (exact) mass is 313 g/mol. The summed E-state index contributed by atoms with van der Waals surface area (Å²) in [6.45, 7) is 0. The molecule has 2 N–H and O–H groups in total. The second kappa shape index (κ2) is 4.37. The summed E-state index contributed by atoms with van der Waals surface area (Å²) in [7, 11) is 0. The van der Waals surface area contributed by atoms with Gasteiger partial charge in [-0.1, -0.05) is 0 Å². The van der Waals surface area contributed by atoms with Crippen LogP contribution >= 0.6 is 15.9 Å². The van der Waals surface area contributed by atoms with E-state index in [0.717, 1.165) is 21.2 Å². The zero-order valence-electron chi connectivity index (χ0n) is 9.71. The Morgan fingerprint density at radius 3 is 2.89 bits per heavy atom. The maximum atomic E-state index is 8.89. The van der Waals surface area contributed by atoms with Crippen molar-refractivity contribution in [1.82, 2.24) is 14.5 Å². The van der Waals surface area contributed by atoms with Crippen molar-refractivity contribution >= 4 is 32.9 Å². The minimum absolute atomic E-state index is 0.383. The predicted molar refractivity (Wildman–Crippen MR) is 75.7 cm³/mol. The van der Waals surface area contributed by atoms with Crippen LogP contribution in [-0.4, -0.2) is 14.5 Å². The molecule has 0 aliphatic heterocycles. The molecule has 0 bridgehead atoms. The quantitative estimate of drug-likeness (QED) is 0.749. The van der Waals surface area contributed by atoms with Crippen LogP contribution < -0.4 is 5.73 Å². The zero-order chi connectivity index (χ0) is 13.4. The van der Waals surface area contributed by atoms with Gasteiger partial charge in [-0.05, 0) is 40.2 Å². The number of nitrogens with zero attached hydrogens (tertiary/aromatic N) is 4. The topological polar surface area (TPSA) is 80.5 Å².